The van der Waals surface area contributed by atoms with Gasteiger partial charge in [-0.15, -0.1) is 0 Å². The van der Waals surface area contributed by atoms with Crippen molar-refractivity contribution in [1.29, 1.82) is 0 Å². The average molecular weight is 189 g/mol. The SMILES string of the molecule is COCC1(NC(=O)O)CCOCC1. The summed E-state index contributed by atoms with van der Waals surface area (Å²) in [7, 11) is 1.57. The third-order valence-electron chi connectivity index (χ3n) is 2.24. The van der Waals surface area contributed by atoms with Crippen molar-refractivity contribution in [1.82, 2.24) is 5.32 Å². The molecule has 0 radical (unpaired) electrons. The van der Waals surface area contributed by atoms with Gasteiger partial charge in [0.15, 0.2) is 0 Å². The lowest BCUT2D eigenvalue weighted by molar-refractivity contribution is 0.00269. The first kappa shape index (κ1) is 10.3. The van der Waals surface area contributed by atoms with Gasteiger partial charge in [0.05, 0.1) is 12.1 Å². The Morgan fingerprint density at radius 1 is 1.62 bits per heavy atom. The van der Waals surface area contributed by atoms with Crippen LogP contribution in [-0.2, 0) is 9.47 Å². The highest BCUT2D eigenvalue weighted by Crippen LogP contribution is 2.20. The minimum absolute atomic E-state index is 0.405. The van der Waals surface area contributed by atoms with Gasteiger partial charge in [-0.1, -0.05) is 0 Å². The summed E-state index contributed by atoms with van der Waals surface area (Å²) in [6, 6.07) is 0. The monoisotopic (exact) mass is 189 g/mol. The number of rotatable bonds is 3. The second-order valence-corrected chi connectivity index (χ2v) is 3.26. The fourth-order valence-electron chi connectivity index (χ4n) is 1.57. The average Bonchev–Trinajstić information content (AvgIpc) is 2.04. The Bertz CT molecular complexity index is 171. The van der Waals surface area contributed by atoms with Gasteiger partial charge in [-0.3, -0.25) is 0 Å². The van der Waals surface area contributed by atoms with E-state index in [0.717, 1.165) is 0 Å². The van der Waals surface area contributed by atoms with Gasteiger partial charge in [-0.25, -0.2) is 4.79 Å². The standard InChI is InChI=1S/C8H15NO4/c1-12-6-8(9-7(10)11)2-4-13-5-3-8/h9H,2-6H2,1H3,(H,10,11). The van der Waals surface area contributed by atoms with Crippen LogP contribution in [0, 0.1) is 0 Å². The summed E-state index contributed by atoms with van der Waals surface area (Å²) in [6.07, 6.45) is 0.347. The molecule has 76 valence electrons. The van der Waals surface area contributed by atoms with Crippen molar-refractivity contribution in [2.24, 2.45) is 0 Å². The van der Waals surface area contributed by atoms with Crippen molar-refractivity contribution in [3.05, 3.63) is 0 Å². The smallest absolute Gasteiger partial charge is 0.405 e. The molecular formula is C8H15NO4. The lowest BCUT2D eigenvalue weighted by Gasteiger charge is -2.36. The second-order valence-electron chi connectivity index (χ2n) is 3.26. The summed E-state index contributed by atoms with van der Waals surface area (Å²) in [4.78, 5) is 10.5. The molecule has 0 spiro atoms. The molecule has 1 amide bonds. The van der Waals surface area contributed by atoms with E-state index in [1.807, 2.05) is 0 Å². The van der Waals surface area contributed by atoms with Crippen LogP contribution in [0.5, 0.6) is 0 Å². The zero-order valence-corrected chi connectivity index (χ0v) is 7.71. The third-order valence-corrected chi connectivity index (χ3v) is 2.24. The van der Waals surface area contributed by atoms with E-state index >= 15 is 0 Å². The number of hydrogen-bond donors (Lipinski definition) is 2. The summed E-state index contributed by atoms with van der Waals surface area (Å²) in [5.74, 6) is 0. The summed E-state index contributed by atoms with van der Waals surface area (Å²) in [6.45, 7) is 1.58. The van der Waals surface area contributed by atoms with Crippen molar-refractivity contribution in [3.63, 3.8) is 0 Å². The molecule has 0 bridgehead atoms. The Hall–Kier alpha value is -0.810. The molecular weight excluding hydrogens is 174 g/mol. The van der Waals surface area contributed by atoms with Crippen LogP contribution in [-0.4, -0.2) is 43.7 Å². The largest absolute Gasteiger partial charge is 0.465 e. The van der Waals surface area contributed by atoms with Crippen LogP contribution in [0.2, 0.25) is 0 Å². The highest BCUT2D eigenvalue weighted by molar-refractivity contribution is 5.65. The molecule has 1 aliphatic rings. The zero-order valence-electron chi connectivity index (χ0n) is 7.71. The van der Waals surface area contributed by atoms with Gasteiger partial charge in [0, 0.05) is 20.3 Å². The highest BCUT2D eigenvalue weighted by atomic mass is 16.5. The predicted molar refractivity (Wildman–Crippen MR) is 45.8 cm³/mol. The minimum atomic E-state index is -1.00. The van der Waals surface area contributed by atoms with Crippen molar-refractivity contribution in [2.75, 3.05) is 26.9 Å². The normalized spacial score (nSPS) is 21.0. The van der Waals surface area contributed by atoms with Gasteiger partial charge in [0.1, 0.15) is 0 Å². The van der Waals surface area contributed by atoms with Gasteiger partial charge < -0.3 is 19.9 Å². The Kier molecular flexibility index (Phi) is 3.50. The molecule has 1 rings (SSSR count). The van der Waals surface area contributed by atoms with E-state index in [9.17, 15) is 4.79 Å². The van der Waals surface area contributed by atoms with Gasteiger partial charge in [0.2, 0.25) is 0 Å². The van der Waals surface area contributed by atoms with Crippen molar-refractivity contribution >= 4 is 6.09 Å². The number of carboxylic acid groups (broad SMARTS) is 1. The maximum Gasteiger partial charge on any atom is 0.405 e. The predicted octanol–water partition coefficient (Wildman–Crippen LogP) is 0.450. The van der Waals surface area contributed by atoms with Crippen LogP contribution >= 0.6 is 0 Å². The maximum atomic E-state index is 10.5. The third kappa shape index (κ3) is 2.86. The molecule has 0 unspecified atom stereocenters. The van der Waals surface area contributed by atoms with Crippen molar-refractivity contribution in [2.45, 2.75) is 18.4 Å². The lowest BCUT2D eigenvalue weighted by atomic mass is 9.91. The Morgan fingerprint density at radius 2 is 2.23 bits per heavy atom. The molecule has 1 aliphatic heterocycles. The Morgan fingerprint density at radius 3 is 2.69 bits per heavy atom. The minimum Gasteiger partial charge on any atom is -0.465 e. The molecule has 0 atom stereocenters. The van der Waals surface area contributed by atoms with Crippen LogP contribution in [0.15, 0.2) is 0 Å². The van der Waals surface area contributed by atoms with E-state index in [0.29, 0.717) is 32.7 Å². The number of amides is 1. The number of carbonyl (C=O) groups is 1. The first-order valence-corrected chi connectivity index (χ1v) is 4.26. The van der Waals surface area contributed by atoms with E-state index in [1.165, 1.54) is 0 Å². The summed E-state index contributed by atoms with van der Waals surface area (Å²) in [5.41, 5.74) is -0.446. The molecule has 1 heterocycles. The van der Waals surface area contributed by atoms with Gasteiger partial charge in [-0.2, -0.15) is 0 Å². The molecule has 1 fully saturated rings. The van der Waals surface area contributed by atoms with E-state index in [1.54, 1.807) is 7.11 Å². The molecule has 5 heteroatoms. The van der Waals surface area contributed by atoms with E-state index in [-0.39, 0.29) is 0 Å². The van der Waals surface area contributed by atoms with Gasteiger partial charge >= 0.3 is 6.09 Å². The first-order valence-electron chi connectivity index (χ1n) is 4.26. The molecule has 0 aliphatic carbocycles. The molecule has 0 saturated carbocycles. The quantitative estimate of drug-likeness (QED) is 0.676. The second kappa shape index (κ2) is 4.43. The van der Waals surface area contributed by atoms with Gasteiger partial charge in [0.25, 0.3) is 0 Å². The van der Waals surface area contributed by atoms with Crippen LogP contribution in [0.3, 0.4) is 0 Å². The maximum absolute atomic E-state index is 10.5. The van der Waals surface area contributed by atoms with Crippen LogP contribution < -0.4 is 5.32 Å². The van der Waals surface area contributed by atoms with Crippen LogP contribution in [0.1, 0.15) is 12.8 Å². The first-order chi connectivity index (χ1) is 6.18. The molecule has 0 aromatic heterocycles. The number of ether oxygens (including phenoxy) is 2. The number of nitrogens with one attached hydrogen (secondary N) is 1. The molecule has 0 aromatic rings. The lowest BCUT2D eigenvalue weighted by Crippen LogP contribution is -2.54. The molecule has 5 nitrogen and oxygen atoms in total. The molecule has 0 aromatic carbocycles. The molecule has 1 saturated heterocycles. The van der Waals surface area contributed by atoms with E-state index in [2.05, 4.69) is 5.32 Å². The van der Waals surface area contributed by atoms with Crippen molar-refractivity contribution in [3.8, 4) is 0 Å². The van der Waals surface area contributed by atoms with Crippen molar-refractivity contribution < 1.29 is 19.4 Å². The molecule has 2 N–H and O–H groups in total. The van der Waals surface area contributed by atoms with Gasteiger partial charge in [-0.05, 0) is 12.8 Å². The number of hydrogen-bond acceptors (Lipinski definition) is 3. The highest BCUT2D eigenvalue weighted by Gasteiger charge is 2.34. The molecule has 13 heavy (non-hydrogen) atoms. The van der Waals surface area contributed by atoms with Crippen LogP contribution in [0.4, 0.5) is 4.79 Å². The van der Waals surface area contributed by atoms with Crippen LogP contribution in [0.25, 0.3) is 0 Å². The number of methoxy groups -OCH3 is 1. The van der Waals surface area contributed by atoms with E-state index in [4.69, 9.17) is 14.6 Å². The Balaban J connectivity index is 2.55. The summed E-state index contributed by atoms with van der Waals surface area (Å²) in [5, 5.41) is 11.2. The Labute approximate surface area is 77.0 Å². The zero-order chi connectivity index (χ0) is 9.73. The fourth-order valence-corrected chi connectivity index (χ4v) is 1.57. The summed E-state index contributed by atoms with van der Waals surface area (Å²) >= 11 is 0. The summed E-state index contributed by atoms with van der Waals surface area (Å²) < 4.78 is 10.2. The van der Waals surface area contributed by atoms with E-state index < -0.39 is 11.6 Å². The topological polar surface area (TPSA) is 67.8 Å². The fraction of sp³-hybridized carbons (Fsp3) is 0.875.